The molecule has 0 radical (unpaired) electrons. The SMILES string of the molecule is Cc1sc(Cc2ccc(Cl)cc2)nc1N. The van der Waals surface area contributed by atoms with Crippen molar-refractivity contribution in [3.05, 3.63) is 44.7 Å². The summed E-state index contributed by atoms with van der Waals surface area (Å²) in [6, 6.07) is 7.80. The lowest BCUT2D eigenvalue weighted by Gasteiger charge is -1.97. The molecule has 0 fully saturated rings. The largest absolute Gasteiger partial charge is 0.383 e. The molecule has 1 aromatic heterocycles. The minimum atomic E-state index is 0.643. The number of aryl methyl sites for hydroxylation is 1. The average Bonchev–Trinajstić information content (AvgIpc) is 2.50. The summed E-state index contributed by atoms with van der Waals surface area (Å²) in [5, 5.41) is 1.81. The second-order valence-electron chi connectivity index (χ2n) is 3.35. The van der Waals surface area contributed by atoms with Gasteiger partial charge in [-0.2, -0.15) is 0 Å². The molecule has 0 amide bonds. The first-order valence-electron chi connectivity index (χ1n) is 4.61. The van der Waals surface area contributed by atoms with E-state index < -0.39 is 0 Å². The smallest absolute Gasteiger partial charge is 0.137 e. The molecule has 15 heavy (non-hydrogen) atoms. The van der Waals surface area contributed by atoms with E-state index in [-0.39, 0.29) is 0 Å². The van der Waals surface area contributed by atoms with Crippen LogP contribution in [0.15, 0.2) is 24.3 Å². The lowest BCUT2D eigenvalue weighted by molar-refractivity contribution is 1.14. The lowest BCUT2D eigenvalue weighted by atomic mass is 10.2. The van der Waals surface area contributed by atoms with E-state index >= 15 is 0 Å². The summed E-state index contributed by atoms with van der Waals surface area (Å²) in [6.07, 6.45) is 0.819. The van der Waals surface area contributed by atoms with Crippen LogP contribution in [-0.4, -0.2) is 4.98 Å². The highest BCUT2D eigenvalue weighted by Gasteiger charge is 2.04. The van der Waals surface area contributed by atoms with Crippen LogP contribution < -0.4 is 5.73 Å². The molecule has 1 aromatic carbocycles. The number of halogens is 1. The third-order valence-electron chi connectivity index (χ3n) is 2.15. The van der Waals surface area contributed by atoms with Gasteiger partial charge in [0.15, 0.2) is 0 Å². The summed E-state index contributed by atoms with van der Waals surface area (Å²) >= 11 is 7.46. The van der Waals surface area contributed by atoms with E-state index in [1.807, 2.05) is 31.2 Å². The van der Waals surface area contributed by atoms with Gasteiger partial charge in [-0.15, -0.1) is 11.3 Å². The van der Waals surface area contributed by atoms with Crippen LogP contribution in [0.1, 0.15) is 15.4 Å². The summed E-state index contributed by atoms with van der Waals surface area (Å²) in [7, 11) is 0. The van der Waals surface area contributed by atoms with Crippen molar-refractivity contribution in [2.75, 3.05) is 5.73 Å². The molecule has 0 spiro atoms. The maximum absolute atomic E-state index is 5.81. The Bertz CT molecular complexity index is 442. The van der Waals surface area contributed by atoms with E-state index in [1.165, 1.54) is 5.56 Å². The fourth-order valence-corrected chi connectivity index (χ4v) is 2.33. The summed E-state index contributed by atoms with van der Waals surface area (Å²) < 4.78 is 0. The van der Waals surface area contributed by atoms with Gasteiger partial charge < -0.3 is 5.73 Å². The standard InChI is InChI=1S/C11H11ClN2S/c1-7-11(13)14-10(15-7)6-8-2-4-9(12)5-3-8/h2-5H,6,13H2,1H3. The average molecular weight is 239 g/mol. The number of hydrogen-bond donors (Lipinski definition) is 1. The zero-order valence-electron chi connectivity index (χ0n) is 8.33. The molecule has 4 heteroatoms. The fraction of sp³-hybridized carbons (Fsp3) is 0.182. The van der Waals surface area contributed by atoms with Gasteiger partial charge in [-0.25, -0.2) is 4.98 Å². The minimum absolute atomic E-state index is 0.643. The number of anilines is 1. The highest BCUT2D eigenvalue weighted by atomic mass is 35.5. The number of nitrogens with two attached hydrogens (primary N) is 1. The number of rotatable bonds is 2. The Kier molecular flexibility index (Phi) is 2.93. The molecule has 0 atom stereocenters. The van der Waals surface area contributed by atoms with Gasteiger partial charge >= 0.3 is 0 Å². The van der Waals surface area contributed by atoms with E-state index in [2.05, 4.69) is 4.98 Å². The van der Waals surface area contributed by atoms with E-state index in [0.717, 1.165) is 21.3 Å². The maximum Gasteiger partial charge on any atom is 0.137 e. The second kappa shape index (κ2) is 4.21. The predicted molar refractivity (Wildman–Crippen MR) is 65.5 cm³/mol. The first-order valence-corrected chi connectivity index (χ1v) is 5.81. The zero-order valence-corrected chi connectivity index (χ0v) is 9.90. The van der Waals surface area contributed by atoms with Gasteiger partial charge in [-0.05, 0) is 24.6 Å². The number of aromatic nitrogens is 1. The van der Waals surface area contributed by atoms with Crippen molar-refractivity contribution in [2.24, 2.45) is 0 Å². The van der Waals surface area contributed by atoms with Gasteiger partial charge in [0.1, 0.15) is 5.82 Å². The molecule has 2 N–H and O–H groups in total. The molecule has 0 aliphatic rings. The van der Waals surface area contributed by atoms with Gasteiger partial charge in [0.2, 0.25) is 0 Å². The molecule has 0 aliphatic heterocycles. The van der Waals surface area contributed by atoms with Crippen LogP contribution in [0.25, 0.3) is 0 Å². The summed E-state index contributed by atoms with van der Waals surface area (Å²) in [4.78, 5) is 5.37. The summed E-state index contributed by atoms with van der Waals surface area (Å²) in [5.74, 6) is 0.643. The van der Waals surface area contributed by atoms with Gasteiger partial charge in [0.05, 0.1) is 5.01 Å². The molecule has 0 saturated carbocycles. The monoisotopic (exact) mass is 238 g/mol. The van der Waals surface area contributed by atoms with Crippen LogP contribution in [0.4, 0.5) is 5.82 Å². The molecule has 0 aliphatic carbocycles. The molecule has 78 valence electrons. The Labute approximate surface area is 97.7 Å². The van der Waals surface area contributed by atoms with Crippen LogP contribution in [0, 0.1) is 6.92 Å². The highest BCUT2D eigenvalue weighted by molar-refractivity contribution is 7.12. The number of nitrogen functional groups attached to an aromatic ring is 1. The molecular weight excluding hydrogens is 228 g/mol. The number of benzene rings is 1. The second-order valence-corrected chi connectivity index (χ2v) is 5.08. The van der Waals surface area contributed by atoms with Crippen molar-refractivity contribution in [3.8, 4) is 0 Å². The van der Waals surface area contributed by atoms with Crippen molar-refractivity contribution in [1.29, 1.82) is 0 Å². The number of thiazole rings is 1. The van der Waals surface area contributed by atoms with E-state index in [9.17, 15) is 0 Å². The molecule has 0 bridgehead atoms. The van der Waals surface area contributed by atoms with Gasteiger partial charge in [0.25, 0.3) is 0 Å². The highest BCUT2D eigenvalue weighted by Crippen LogP contribution is 2.22. The Morgan fingerprint density at radius 1 is 1.33 bits per heavy atom. The van der Waals surface area contributed by atoms with Crippen molar-refractivity contribution < 1.29 is 0 Å². The van der Waals surface area contributed by atoms with E-state index in [0.29, 0.717) is 5.82 Å². The summed E-state index contributed by atoms with van der Waals surface area (Å²) in [6.45, 7) is 1.98. The van der Waals surface area contributed by atoms with Crippen LogP contribution in [0.2, 0.25) is 5.02 Å². The van der Waals surface area contributed by atoms with Gasteiger partial charge in [-0.3, -0.25) is 0 Å². The Balaban J connectivity index is 2.18. The minimum Gasteiger partial charge on any atom is -0.383 e. The Hall–Kier alpha value is -1.06. The van der Waals surface area contributed by atoms with Crippen molar-refractivity contribution >= 4 is 28.8 Å². The zero-order chi connectivity index (χ0) is 10.8. The topological polar surface area (TPSA) is 38.9 Å². The van der Waals surface area contributed by atoms with Crippen LogP contribution in [0.5, 0.6) is 0 Å². The first kappa shape index (κ1) is 10.5. The third-order valence-corrected chi connectivity index (χ3v) is 3.38. The predicted octanol–water partition coefficient (Wildman–Crippen LogP) is 3.28. The van der Waals surface area contributed by atoms with Crippen LogP contribution in [-0.2, 0) is 6.42 Å². The maximum atomic E-state index is 5.81. The molecule has 0 unspecified atom stereocenters. The Morgan fingerprint density at radius 2 is 2.00 bits per heavy atom. The molecular formula is C11H11ClN2S. The van der Waals surface area contributed by atoms with Gasteiger partial charge in [0, 0.05) is 16.3 Å². The quantitative estimate of drug-likeness (QED) is 0.872. The fourth-order valence-electron chi connectivity index (χ4n) is 1.32. The summed E-state index contributed by atoms with van der Waals surface area (Å²) in [5.41, 5.74) is 6.90. The molecule has 1 heterocycles. The van der Waals surface area contributed by atoms with Crippen LogP contribution >= 0.6 is 22.9 Å². The van der Waals surface area contributed by atoms with Gasteiger partial charge in [-0.1, -0.05) is 23.7 Å². The molecule has 2 nitrogen and oxygen atoms in total. The van der Waals surface area contributed by atoms with E-state index in [1.54, 1.807) is 11.3 Å². The number of nitrogens with zero attached hydrogens (tertiary/aromatic N) is 1. The third kappa shape index (κ3) is 2.49. The molecule has 2 aromatic rings. The molecule has 0 saturated heterocycles. The number of hydrogen-bond acceptors (Lipinski definition) is 3. The van der Waals surface area contributed by atoms with Crippen LogP contribution in [0.3, 0.4) is 0 Å². The van der Waals surface area contributed by atoms with Crippen molar-refractivity contribution in [3.63, 3.8) is 0 Å². The normalized spacial score (nSPS) is 10.5. The first-order chi connectivity index (χ1) is 7.15. The Morgan fingerprint density at radius 3 is 2.53 bits per heavy atom. The van der Waals surface area contributed by atoms with Crippen molar-refractivity contribution in [1.82, 2.24) is 4.98 Å². The van der Waals surface area contributed by atoms with E-state index in [4.69, 9.17) is 17.3 Å². The molecule has 2 rings (SSSR count). The van der Waals surface area contributed by atoms with Crippen molar-refractivity contribution in [2.45, 2.75) is 13.3 Å². The lowest BCUT2D eigenvalue weighted by Crippen LogP contribution is -1.89.